The lowest BCUT2D eigenvalue weighted by atomic mass is 9.83. The fourth-order valence-corrected chi connectivity index (χ4v) is 2.18. The van der Waals surface area contributed by atoms with Crippen molar-refractivity contribution in [1.29, 1.82) is 0 Å². The number of nitrogens with zero attached hydrogens (tertiary/aromatic N) is 1. The summed E-state index contributed by atoms with van der Waals surface area (Å²) in [7, 11) is 0. The Balaban J connectivity index is 2.22. The highest BCUT2D eigenvalue weighted by Gasteiger charge is 2.34. The van der Waals surface area contributed by atoms with E-state index >= 15 is 0 Å². The van der Waals surface area contributed by atoms with Crippen LogP contribution in [0.15, 0.2) is 18.2 Å². The van der Waals surface area contributed by atoms with Crippen molar-refractivity contribution in [2.75, 3.05) is 18.0 Å². The summed E-state index contributed by atoms with van der Waals surface area (Å²) in [4.78, 5) is 2.25. The molecule has 1 aromatic carbocycles. The molecule has 1 fully saturated rings. The Hall–Kier alpha value is -1.09. The van der Waals surface area contributed by atoms with Gasteiger partial charge < -0.3 is 10.6 Å². The van der Waals surface area contributed by atoms with Gasteiger partial charge in [0, 0.05) is 25.3 Å². The highest BCUT2D eigenvalue weighted by Crippen LogP contribution is 2.35. The highest BCUT2D eigenvalue weighted by molar-refractivity contribution is 5.56. The minimum absolute atomic E-state index is 0.209. The third-order valence-corrected chi connectivity index (χ3v) is 2.84. The van der Waals surface area contributed by atoms with Gasteiger partial charge in [0.1, 0.15) is 5.82 Å². The summed E-state index contributed by atoms with van der Waals surface area (Å²) < 4.78 is 13.0. The van der Waals surface area contributed by atoms with E-state index in [-0.39, 0.29) is 5.82 Å². The molecule has 0 atom stereocenters. The Morgan fingerprint density at radius 3 is 2.60 bits per heavy atom. The van der Waals surface area contributed by atoms with Gasteiger partial charge in [0.2, 0.25) is 0 Å². The predicted molar refractivity (Wildman–Crippen MR) is 60.3 cm³/mol. The van der Waals surface area contributed by atoms with Crippen LogP contribution in [0.4, 0.5) is 10.1 Å². The number of nitrogens with two attached hydrogens (primary N) is 1. The Morgan fingerprint density at radius 2 is 2.07 bits per heavy atom. The Morgan fingerprint density at radius 1 is 1.40 bits per heavy atom. The van der Waals surface area contributed by atoms with Gasteiger partial charge in [-0.15, -0.1) is 0 Å². The smallest absolute Gasteiger partial charge is 0.123 e. The van der Waals surface area contributed by atoms with Crippen LogP contribution >= 0.6 is 0 Å². The Bertz CT molecular complexity index is 366. The molecule has 3 heteroatoms. The first kappa shape index (κ1) is 10.4. The first-order valence-electron chi connectivity index (χ1n) is 5.25. The van der Waals surface area contributed by atoms with Crippen molar-refractivity contribution in [3.63, 3.8) is 0 Å². The summed E-state index contributed by atoms with van der Waals surface area (Å²) in [6.45, 7) is 6.89. The van der Waals surface area contributed by atoms with Gasteiger partial charge in [0.15, 0.2) is 0 Å². The van der Waals surface area contributed by atoms with Crippen LogP contribution in [0, 0.1) is 11.2 Å². The van der Waals surface area contributed by atoms with E-state index in [9.17, 15) is 4.39 Å². The molecule has 0 spiro atoms. The molecule has 0 aliphatic carbocycles. The first-order valence-corrected chi connectivity index (χ1v) is 5.25. The Labute approximate surface area is 89.9 Å². The lowest BCUT2D eigenvalue weighted by molar-refractivity contribution is 0.276. The molecule has 1 heterocycles. The third kappa shape index (κ3) is 1.97. The molecule has 1 aliphatic rings. The van der Waals surface area contributed by atoms with E-state index in [1.54, 1.807) is 0 Å². The molecule has 0 radical (unpaired) electrons. The number of benzene rings is 1. The lowest BCUT2D eigenvalue weighted by Crippen LogP contribution is -2.53. The molecule has 2 rings (SSSR count). The monoisotopic (exact) mass is 208 g/mol. The molecule has 0 bridgehead atoms. The zero-order chi connectivity index (χ0) is 11.1. The molecule has 1 aromatic rings. The van der Waals surface area contributed by atoms with Gasteiger partial charge in [-0.05, 0) is 29.2 Å². The standard InChI is InChI=1S/C12H17FN2/c1-12(2)7-15(8-12)11-4-3-10(13)5-9(11)6-14/h3-5H,6-8,14H2,1-2H3. The highest BCUT2D eigenvalue weighted by atomic mass is 19.1. The van der Waals surface area contributed by atoms with Gasteiger partial charge in [-0.3, -0.25) is 0 Å². The maximum Gasteiger partial charge on any atom is 0.123 e. The minimum atomic E-state index is -0.209. The van der Waals surface area contributed by atoms with Gasteiger partial charge in [-0.1, -0.05) is 13.8 Å². The molecule has 1 aliphatic heterocycles. The molecule has 0 unspecified atom stereocenters. The SMILES string of the molecule is CC1(C)CN(c2ccc(F)cc2CN)C1. The van der Waals surface area contributed by atoms with Crippen molar-refractivity contribution >= 4 is 5.69 Å². The largest absolute Gasteiger partial charge is 0.370 e. The second kappa shape index (κ2) is 3.49. The third-order valence-electron chi connectivity index (χ3n) is 2.84. The number of rotatable bonds is 2. The van der Waals surface area contributed by atoms with Crippen LogP contribution < -0.4 is 10.6 Å². The van der Waals surface area contributed by atoms with Crippen LogP contribution in [-0.4, -0.2) is 13.1 Å². The van der Waals surface area contributed by atoms with Gasteiger partial charge in [-0.25, -0.2) is 4.39 Å². The normalized spacial score (nSPS) is 18.8. The van der Waals surface area contributed by atoms with Crippen molar-refractivity contribution in [2.45, 2.75) is 20.4 Å². The fourth-order valence-electron chi connectivity index (χ4n) is 2.18. The zero-order valence-electron chi connectivity index (χ0n) is 9.26. The molecule has 2 nitrogen and oxygen atoms in total. The first-order chi connectivity index (χ1) is 7.02. The van der Waals surface area contributed by atoms with Gasteiger partial charge in [0.25, 0.3) is 0 Å². The van der Waals surface area contributed by atoms with Crippen molar-refractivity contribution < 1.29 is 4.39 Å². The predicted octanol–water partition coefficient (Wildman–Crippen LogP) is 2.13. The number of hydrogen-bond acceptors (Lipinski definition) is 2. The second-order valence-electron chi connectivity index (χ2n) is 5.00. The second-order valence-corrected chi connectivity index (χ2v) is 5.00. The van der Waals surface area contributed by atoms with E-state index in [2.05, 4.69) is 18.7 Å². The molecular formula is C12H17FN2. The van der Waals surface area contributed by atoms with E-state index in [4.69, 9.17) is 5.73 Å². The summed E-state index contributed by atoms with van der Waals surface area (Å²) in [6, 6.07) is 4.85. The van der Waals surface area contributed by atoms with Crippen LogP contribution in [0.3, 0.4) is 0 Å². The molecule has 0 aromatic heterocycles. The van der Waals surface area contributed by atoms with Crippen molar-refractivity contribution in [3.05, 3.63) is 29.6 Å². The van der Waals surface area contributed by atoms with E-state index in [0.717, 1.165) is 24.3 Å². The number of anilines is 1. The van der Waals surface area contributed by atoms with Crippen LogP contribution in [0.2, 0.25) is 0 Å². The van der Waals surface area contributed by atoms with Crippen LogP contribution in [0.25, 0.3) is 0 Å². The molecule has 1 saturated heterocycles. The lowest BCUT2D eigenvalue weighted by Gasteiger charge is -2.48. The summed E-state index contributed by atoms with van der Waals surface area (Å²) in [5.74, 6) is -0.209. The van der Waals surface area contributed by atoms with E-state index < -0.39 is 0 Å². The van der Waals surface area contributed by atoms with E-state index in [0.29, 0.717) is 12.0 Å². The molecule has 2 N–H and O–H groups in total. The quantitative estimate of drug-likeness (QED) is 0.806. The maximum atomic E-state index is 13.0. The number of halogens is 1. The molecular weight excluding hydrogens is 191 g/mol. The van der Waals surface area contributed by atoms with Crippen molar-refractivity contribution in [1.82, 2.24) is 0 Å². The summed E-state index contributed by atoms with van der Waals surface area (Å²) in [5, 5.41) is 0. The van der Waals surface area contributed by atoms with Gasteiger partial charge in [-0.2, -0.15) is 0 Å². The van der Waals surface area contributed by atoms with Crippen LogP contribution in [0.5, 0.6) is 0 Å². The van der Waals surface area contributed by atoms with Gasteiger partial charge >= 0.3 is 0 Å². The van der Waals surface area contributed by atoms with Gasteiger partial charge in [0.05, 0.1) is 0 Å². The average molecular weight is 208 g/mol. The van der Waals surface area contributed by atoms with Crippen LogP contribution in [0.1, 0.15) is 19.4 Å². The molecule has 82 valence electrons. The summed E-state index contributed by atoms with van der Waals surface area (Å²) in [6.07, 6.45) is 0. The topological polar surface area (TPSA) is 29.3 Å². The maximum absolute atomic E-state index is 13.0. The zero-order valence-corrected chi connectivity index (χ0v) is 9.26. The van der Waals surface area contributed by atoms with E-state index in [1.165, 1.54) is 12.1 Å². The number of hydrogen-bond donors (Lipinski definition) is 1. The molecule has 15 heavy (non-hydrogen) atoms. The fraction of sp³-hybridized carbons (Fsp3) is 0.500. The average Bonchev–Trinajstić information content (AvgIpc) is 2.14. The van der Waals surface area contributed by atoms with Crippen molar-refractivity contribution in [2.24, 2.45) is 11.1 Å². The summed E-state index contributed by atoms with van der Waals surface area (Å²) >= 11 is 0. The van der Waals surface area contributed by atoms with Crippen LogP contribution in [-0.2, 0) is 6.54 Å². The van der Waals surface area contributed by atoms with Crippen molar-refractivity contribution in [3.8, 4) is 0 Å². The molecule has 0 amide bonds. The minimum Gasteiger partial charge on any atom is -0.370 e. The summed E-state index contributed by atoms with van der Waals surface area (Å²) in [5.41, 5.74) is 7.96. The Kier molecular flexibility index (Phi) is 2.43. The van der Waals surface area contributed by atoms with E-state index in [1.807, 2.05) is 6.07 Å². The molecule has 0 saturated carbocycles.